The SMILES string of the molecule is NC(=O)CC[C@H](N)C(=O)N[C@@H](Cc1ccc(F)cc1)C(=O)O. The van der Waals surface area contributed by atoms with E-state index >= 15 is 0 Å². The summed E-state index contributed by atoms with van der Waals surface area (Å²) in [5, 5.41) is 11.4. The topological polar surface area (TPSA) is 136 Å². The Bertz CT molecular complexity index is 548. The standard InChI is InChI=1S/C14H18FN3O4/c15-9-3-1-8(2-4-9)7-11(14(21)22)18-13(20)10(16)5-6-12(17)19/h1-4,10-11H,5-7,16H2,(H2,17,19)(H,18,20)(H,21,22)/t10-,11-/m0/s1. The second-order valence-electron chi connectivity index (χ2n) is 4.84. The highest BCUT2D eigenvalue weighted by atomic mass is 19.1. The summed E-state index contributed by atoms with van der Waals surface area (Å²) in [7, 11) is 0. The van der Waals surface area contributed by atoms with Crippen molar-refractivity contribution in [1.82, 2.24) is 5.32 Å². The molecule has 0 radical (unpaired) electrons. The quantitative estimate of drug-likeness (QED) is 0.514. The highest BCUT2D eigenvalue weighted by Gasteiger charge is 2.23. The average molecular weight is 311 g/mol. The molecule has 0 unspecified atom stereocenters. The number of aliphatic carboxylic acids is 1. The fourth-order valence-corrected chi connectivity index (χ4v) is 1.76. The molecular formula is C14H18FN3O4. The second kappa shape index (κ2) is 8.08. The molecule has 120 valence electrons. The van der Waals surface area contributed by atoms with Gasteiger partial charge in [-0.1, -0.05) is 12.1 Å². The normalized spacial score (nSPS) is 13.2. The molecule has 0 aliphatic carbocycles. The summed E-state index contributed by atoms with van der Waals surface area (Å²) in [5.41, 5.74) is 11.1. The zero-order valence-corrected chi connectivity index (χ0v) is 11.8. The Labute approximate surface area is 126 Å². The first-order valence-corrected chi connectivity index (χ1v) is 6.61. The lowest BCUT2D eigenvalue weighted by Crippen LogP contribution is -2.49. The maximum atomic E-state index is 12.8. The third kappa shape index (κ3) is 5.88. The van der Waals surface area contributed by atoms with E-state index < -0.39 is 35.7 Å². The van der Waals surface area contributed by atoms with Crippen molar-refractivity contribution in [3.05, 3.63) is 35.6 Å². The molecule has 0 aromatic heterocycles. The molecule has 0 spiro atoms. The van der Waals surface area contributed by atoms with E-state index in [1.54, 1.807) is 0 Å². The van der Waals surface area contributed by atoms with E-state index in [0.29, 0.717) is 5.56 Å². The fraction of sp³-hybridized carbons (Fsp3) is 0.357. The Balaban J connectivity index is 2.63. The molecular weight excluding hydrogens is 293 g/mol. The van der Waals surface area contributed by atoms with Gasteiger partial charge in [0, 0.05) is 12.8 Å². The zero-order chi connectivity index (χ0) is 16.7. The van der Waals surface area contributed by atoms with E-state index in [2.05, 4.69) is 5.32 Å². The van der Waals surface area contributed by atoms with Gasteiger partial charge in [0.1, 0.15) is 11.9 Å². The smallest absolute Gasteiger partial charge is 0.326 e. The average Bonchev–Trinajstić information content (AvgIpc) is 2.45. The summed E-state index contributed by atoms with van der Waals surface area (Å²) in [4.78, 5) is 33.6. The number of amides is 2. The Morgan fingerprint density at radius 3 is 2.32 bits per heavy atom. The van der Waals surface area contributed by atoms with Gasteiger partial charge in [-0.3, -0.25) is 9.59 Å². The molecule has 0 saturated heterocycles. The highest BCUT2D eigenvalue weighted by molar-refractivity contribution is 5.87. The summed E-state index contributed by atoms with van der Waals surface area (Å²) in [5.74, 6) is -2.95. The lowest BCUT2D eigenvalue weighted by molar-refractivity contribution is -0.142. The van der Waals surface area contributed by atoms with Gasteiger partial charge in [-0.15, -0.1) is 0 Å². The van der Waals surface area contributed by atoms with E-state index in [0.717, 1.165) is 0 Å². The van der Waals surface area contributed by atoms with Gasteiger partial charge in [0.2, 0.25) is 11.8 Å². The number of nitrogens with one attached hydrogen (secondary N) is 1. The van der Waals surface area contributed by atoms with Crippen molar-refractivity contribution in [1.29, 1.82) is 0 Å². The van der Waals surface area contributed by atoms with Crippen molar-refractivity contribution >= 4 is 17.8 Å². The van der Waals surface area contributed by atoms with Crippen molar-refractivity contribution in [3.63, 3.8) is 0 Å². The van der Waals surface area contributed by atoms with Crippen LogP contribution in [-0.4, -0.2) is 35.0 Å². The van der Waals surface area contributed by atoms with Crippen LogP contribution in [-0.2, 0) is 20.8 Å². The molecule has 2 amide bonds. The molecule has 8 heteroatoms. The van der Waals surface area contributed by atoms with E-state index in [1.807, 2.05) is 0 Å². The Morgan fingerprint density at radius 2 is 1.82 bits per heavy atom. The van der Waals surface area contributed by atoms with Gasteiger partial charge in [-0.2, -0.15) is 0 Å². The van der Waals surface area contributed by atoms with Crippen LogP contribution in [0.1, 0.15) is 18.4 Å². The molecule has 0 saturated carbocycles. The Hall–Kier alpha value is -2.48. The van der Waals surface area contributed by atoms with E-state index in [4.69, 9.17) is 16.6 Å². The molecule has 0 heterocycles. The number of carboxylic acid groups (broad SMARTS) is 1. The fourth-order valence-electron chi connectivity index (χ4n) is 1.76. The van der Waals surface area contributed by atoms with Crippen LogP contribution in [0.2, 0.25) is 0 Å². The van der Waals surface area contributed by atoms with Crippen LogP contribution in [0.4, 0.5) is 4.39 Å². The molecule has 0 fully saturated rings. The molecule has 0 aliphatic rings. The lowest BCUT2D eigenvalue weighted by Gasteiger charge is -2.17. The molecule has 0 bridgehead atoms. The van der Waals surface area contributed by atoms with Gasteiger partial charge in [0.25, 0.3) is 0 Å². The number of nitrogens with two attached hydrogens (primary N) is 2. The third-order valence-electron chi connectivity index (χ3n) is 3.01. The Morgan fingerprint density at radius 1 is 1.23 bits per heavy atom. The molecule has 6 N–H and O–H groups in total. The number of carboxylic acids is 1. The molecule has 2 atom stereocenters. The summed E-state index contributed by atoms with van der Waals surface area (Å²) in [6, 6.07) is 3.05. The minimum atomic E-state index is -1.24. The van der Waals surface area contributed by atoms with Crippen LogP contribution in [0, 0.1) is 5.82 Å². The molecule has 0 aliphatic heterocycles. The Kier molecular flexibility index (Phi) is 6.46. The van der Waals surface area contributed by atoms with Crippen molar-refractivity contribution in [2.75, 3.05) is 0 Å². The van der Waals surface area contributed by atoms with Crippen LogP contribution >= 0.6 is 0 Å². The largest absolute Gasteiger partial charge is 0.480 e. The molecule has 1 rings (SSSR count). The van der Waals surface area contributed by atoms with E-state index in [9.17, 15) is 18.8 Å². The van der Waals surface area contributed by atoms with Gasteiger partial charge in [-0.25, -0.2) is 9.18 Å². The summed E-state index contributed by atoms with van der Waals surface area (Å²) in [6.07, 6.45) is -0.0434. The number of benzene rings is 1. The van der Waals surface area contributed by atoms with Gasteiger partial charge >= 0.3 is 5.97 Å². The van der Waals surface area contributed by atoms with Gasteiger partial charge < -0.3 is 21.9 Å². The predicted molar refractivity (Wildman–Crippen MR) is 76.1 cm³/mol. The molecule has 7 nitrogen and oxygen atoms in total. The summed E-state index contributed by atoms with van der Waals surface area (Å²) in [6.45, 7) is 0. The second-order valence-corrected chi connectivity index (χ2v) is 4.84. The van der Waals surface area contributed by atoms with Gasteiger partial charge in [-0.05, 0) is 24.1 Å². The van der Waals surface area contributed by atoms with Crippen molar-refractivity contribution in [2.45, 2.75) is 31.3 Å². The van der Waals surface area contributed by atoms with Crippen molar-refractivity contribution in [2.24, 2.45) is 11.5 Å². The van der Waals surface area contributed by atoms with Crippen LogP contribution in [0.5, 0.6) is 0 Å². The van der Waals surface area contributed by atoms with Crippen molar-refractivity contribution < 1.29 is 23.9 Å². The van der Waals surface area contributed by atoms with E-state index in [-0.39, 0.29) is 19.3 Å². The number of hydrogen-bond donors (Lipinski definition) is 4. The minimum Gasteiger partial charge on any atom is -0.480 e. The van der Waals surface area contributed by atoms with Crippen LogP contribution in [0.3, 0.4) is 0 Å². The van der Waals surface area contributed by atoms with Crippen LogP contribution < -0.4 is 16.8 Å². The summed E-state index contributed by atoms with van der Waals surface area (Å²) >= 11 is 0. The lowest BCUT2D eigenvalue weighted by atomic mass is 10.0. The minimum absolute atomic E-state index is 0.0100. The van der Waals surface area contributed by atoms with Gasteiger partial charge in [0.15, 0.2) is 0 Å². The maximum absolute atomic E-state index is 12.8. The number of primary amides is 1. The first-order chi connectivity index (χ1) is 10.3. The van der Waals surface area contributed by atoms with Crippen LogP contribution in [0.25, 0.3) is 0 Å². The number of carbonyl (C=O) groups is 3. The number of halogens is 1. The first kappa shape index (κ1) is 17.6. The van der Waals surface area contributed by atoms with E-state index in [1.165, 1.54) is 24.3 Å². The van der Waals surface area contributed by atoms with Crippen LogP contribution in [0.15, 0.2) is 24.3 Å². The predicted octanol–water partition coefficient (Wildman–Crippen LogP) is -0.470. The zero-order valence-electron chi connectivity index (χ0n) is 11.8. The number of hydrogen-bond acceptors (Lipinski definition) is 4. The number of rotatable bonds is 8. The molecule has 22 heavy (non-hydrogen) atoms. The monoisotopic (exact) mass is 311 g/mol. The van der Waals surface area contributed by atoms with Gasteiger partial charge in [0.05, 0.1) is 6.04 Å². The highest BCUT2D eigenvalue weighted by Crippen LogP contribution is 2.07. The van der Waals surface area contributed by atoms with Crippen molar-refractivity contribution in [3.8, 4) is 0 Å². The summed E-state index contributed by atoms with van der Waals surface area (Å²) < 4.78 is 12.8. The molecule has 1 aromatic carbocycles. The molecule has 1 aromatic rings. The number of carbonyl (C=O) groups excluding carboxylic acids is 2. The maximum Gasteiger partial charge on any atom is 0.326 e. The third-order valence-corrected chi connectivity index (χ3v) is 3.01. The first-order valence-electron chi connectivity index (χ1n) is 6.61.